The average Bonchev–Trinajstić information content (AvgIpc) is 2.64. The summed E-state index contributed by atoms with van der Waals surface area (Å²) in [6, 6.07) is 0. The molecule has 0 aromatic carbocycles. The first-order chi connectivity index (χ1) is 12.1. The van der Waals surface area contributed by atoms with Crippen molar-refractivity contribution in [2.75, 3.05) is 45.9 Å². The van der Waals surface area contributed by atoms with Crippen molar-refractivity contribution in [1.82, 2.24) is 10.1 Å². The summed E-state index contributed by atoms with van der Waals surface area (Å²) in [5, 5.41) is 0. The van der Waals surface area contributed by atoms with Gasteiger partial charge in [0.1, 0.15) is 0 Å². The van der Waals surface area contributed by atoms with E-state index in [0.29, 0.717) is 5.92 Å². The van der Waals surface area contributed by atoms with E-state index in [1.165, 1.54) is 25.7 Å². The van der Waals surface area contributed by atoms with Crippen LogP contribution in [0.3, 0.4) is 0 Å². The number of hydrogen-bond donors (Lipinski definition) is 0. The van der Waals surface area contributed by atoms with Crippen LogP contribution in [0.15, 0.2) is 0 Å². The zero-order chi connectivity index (χ0) is 19.3. The van der Waals surface area contributed by atoms with E-state index in [2.05, 4.69) is 65.5 Å². The van der Waals surface area contributed by atoms with Crippen molar-refractivity contribution in [3.8, 4) is 0 Å². The van der Waals surface area contributed by atoms with E-state index in [1.54, 1.807) is 0 Å². The summed E-state index contributed by atoms with van der Waals surface area (Å²) < 4.78 is 15.1. The standard InChI is InChI=1S/C8H17O.3C4H10N.Ti/c1-3-5-6-8(4-2)7-9;3*1-3-5-4-2;/h8H,3-7H2,1-2H3;3*3-4H2,1-2H3;/q4*-1;+4. The van der Waals surface area contributed by atoms with Gasteiger partial charge in [-0.05, 0) is 0 Å². The predicted octanol–water partition coefficient (Wildman–Crippen LogP) is 5.06. The van der Waals surface area contributed by atoms with Gasteiger partial charge in [-0.25, -0.2) is 0 Å². The molecule has 0 rings (SSSR count). The number of hydrogen-bond acceptors (Lipinski definition) is 4. The second-order valence-corrected chi connectivity index (χ2v) is 12.0. The Morgan fingerprint density at radius 3 is 1.36 bits per heavy atom. The zero-order valence-corrected chi connectivity index (χ0v) is 20.2. The van der Waals surface area contributed by atoms with Gasteiger partial charge in [-0.1, -0.05) is 0 Å². The molecule has 25 heavy (non-hydrogen) atoms. The molecule has 0 bridgehead atoms. The monoisotopic (exact) mass is 393 g/mol. The molecule has 5 heteroatoms. The van der Waals surface area contributed by atoms with E-state index in [-0.39, 0.29) is 0 Å². The Morgan fingerprint density at radius 1 is 0.680 bits per heavy atom. The van der Waals surface area contributed by atoms with Gasteiger partial charge >= 0.3 is 164 Å². The molecule has 0 amide bonds. The van der Waals surface area contributed by atoms with Crippen molar-refractivity contribution in [3.05, 3.63) is 0 Å². The van der Waals surface area contributed by atoms with Crippen molar-refractivity contribution in [2.24, 2.45) is 5.92 Å². The summed E-state index contributed by atoms with van der Waals surface area (Å²) in [7, 11) is 0. The van der Waals surface area contributed by atoms with Gasteiger partial charge in [0, 0.05) is 0 Å². The van der Waals surface area contributed by atoms with Crippen molar-refractivity contribution >= 4 is 0 Å². The number of rotatable bonds is 16. The maximum atomic E-state index is 7.08. The normalized spacial score (nSPS) is 14.0. The summed E-state index contributed by atoms with van der Waals surface area (Å²) in [5.74, 6) is 0.701. The summed E-state index contributed by atoms with van der Waals surface area (Å²) >= 11 is -2.96. The van der Waals surface area contributed by atoms with Crippen LogP contribution in [-0.4, -0.2) is 56.0 Å². The first-order valence-corrected chi connectivity index (χ1v) is 13.7. The second-order valence-electron chi connectivity index (χ2n) is 6.82. The van der Waals surface area contributed by atoms with Gasteiger partial charge in [0.25, 0.3) is 0 Å². The van der Waals surface area contributed by atoms with Gasteiger partial charge in [-0.3, -0.25) is 0 Å². The third-order valence-corrected chi connectivity index (χ3v) is 13.3. The molecule has 0 saturated heterocycles. The quantitative estimate of drug-likeness (QED) is 0.341. The van der Waals surface area contributed by atoms with E-state index >= 15 is 0 Å². The van der Waals surface area contributed by atoms with Crippen molar-refractivity contribution in [3.63, 3.8) is 0 Å². The van der Waals surface area contributed by atoms with Crippen LogP contribution in [-0.2, 0) is 21.1 Å². The molecule has 0 fully saturated rings. The van der Waals surface area contributed by atoms with Crippen LogP contribution in [0.4, 0.5) is 0 Å². The molecule has 1 atom stereocenters. The Hall–Kier alpha value is 0.554. The Balaban J connectivity index is 5.71. The summed E-state index contributed by atoms with van der Waals surface area (Å²) in [6.45, 7) is 25.8. The average molecular weight is 393 g/mol. The van der Waals surface area contributed by atoms with Crippen molar-refractivity contribution in [1.29, 1.82) is 0 Å². The Bertz CT molecular complexity index is 274. The predicted molar refractivity (Wildman–Crippen MR) is 108 cm³/mol. The van der Waals surface area contributed by atoms with E-state index in [1.807, 2.05) is 0 Å². The summed E-state index contributed by atoms with van der Waals surface area (Å²) in [4.78, 5) is 0. The summed E-state index contributed by atoms with van der Waals surface area (Å²) in [5.41, 5.74) is 0. The van der Waals surface area contributed by atoms with Crippen LogP contribution in [0.5, 0.6) is 0 Å². The molecule has 0 aliphatic rings. The molecule has 0 aliphatic carbocycles. The van der Waals surface area contributed by atoms with Crippen molar-refractivity contribution < 1.29 is 21.1 Å². The van der Waals surface area contributed by atoms with Gasteiger partial charge in [-0.15, -0.1) is 0 Å². The third kappa shape index (κ3) is 6.90. The van der Waals surface area contributed by atoms with Gasteiger partial charge in [0.2, 0.25) is 0 Å². The fourth-order valence-electron chi connectivity index (χ4n) is 3.91. The molecule has 0 aromatic rings. The molecule has 152 valence electrons. The third-order valence-electron chi connectivity index (χ3n) is 5.58. The van der Waals surface area contributed by atoms with E-state index in [9.17, 15) is 0 Å². The molecule has 0 aromatic heterocycles. The molecule has 0 spiro atoms. The minimum atomic E-state index is -2.96. The molecular weight excluding hydrogens is 346 g/mol. The summed E-state index contributed by atoms with van der Waals surface area (Å²) in [6.07, 6.45) is 5.14. The maximum absolute atomic E-state index is 7.08. The van der Waals surface area contributed by atoms with E-state index in [0.717, 1.165) is 45.9 Å². The molecule has 0 radical (unpaired) electrons. The fourth-order valence-corrected chi connectivity index (χ4v) is 11.2. The van der Waals surface area contributed by atoms with Gasteiger partial charge in [0.15, 0.2) is 0 Å². The first-order valence-electron chi connectivity index (χ1n) is 10.9. The van der Waals surface area contributed by atoms with Crippen LogP contribution >= 0.6 is 0 Å². The minimum absolute atomic E-state index is 0.701. The number of unbranched alkanes of at least 4 members (excludes halogenated alkanes) is 1. The second kappa shape index (κ2) is 14.6. The van der Waals surface area contributed by atoms with Gasteiger partial charge in [-0.2, -0.15) is 0 Å². The molecule has 0 saturated carbocycles. The SMILES string of the molecule is CCCCC(CC)C[O][Ti]([N](CC)CC)([N](CC)CC)[N](CC)CC. The van der Waals surface area contributed by atoms with Crippen LogP contribution < -0.4 is 0 Å². The molecule has 0 aliphatic heterocycles. The topological polar surface area (TPSA) is 19.0 Å². The van der Waals surface area contributed by atoms with Crippen molar-refractivity contribution in [2.45, 2.75) is 81.1 Å². The van der Waals surface area contributed by atoms with E-state index < -0.39 is 17.7 Å². The molecule has 0 N–H and O–H groups in total. The zero-order valence-electron chi connectivity index (χ0n) is 18.6. The number of nitrogens with zero attached hydrogens (tertiary/aromatic N) is 3. The van der Waals surface area contributed by atoms with Gasteiger partial charge in [0.05, 0.1) is 0 Å². The van der Waals surface area contributed by atoms with E-state index in [4.69, 9.17) is 3.32 Å². The Morgan fingerprint density at radius 2 is 1.08 bits per heavy atom. The first kappa shape index (κ1) is 25.6. The van der Waals surface area contributed by atoms with Gasteiger partial charge < -0.3 is 0 Å². The Kier molecular flexibility index (Phi) is 14.9. The Labute approximate surface area is 164 Å². The van der Waals surface area contributed by atoms with Crippen LogP contribution in [0.25, 0.3) is 0 Å². The molecule has 1 unspecified atom stereocenters. The fraction of sp³-hybridized carbons (Fsp3) is 1.00. The molecule has 4 nitrogen and oxygen atoms in total. The van der Waals surface area contributed by atoms with Crippen LogP contribution in [0.2, 0.25) is 0 Å². The molecule has 0 heterocycles. The molecular formula is C20H47N3OTi. The van der Waals surface area contributed by atoms with Crippen LogP contribution in [0.1, 0.15) is 81.1 Å². The van der Waals surface area contributed by atoms with Crippen LogP contribution in [0, 0.1) is 5.92 Å².